The van der Waals surface area contributed by atoms with E-state index in [0.29, 0.717) is 13.0 Å². The van der Waals surface area contributed by atoms with Crippen molar-refractivity contribution in [1.82, 2.24) is 9.80 Å². The molecule has 1 aromatic heterocycles. The van der Waals surface area contributed by atoms with E-state index in [1.165, 1.54) is 16.0 Å². The van der Waals surface area contributed by atoms with Crippen molar-refractivity contribution < 1.29 is 14.3 Å². The Hall–Kier alpha value is -2.96. The van der Waals surface area contributed by atoms with Crippen LogP contribution in [-0.2, 0) is 22.5 Å². The molecule has 5 nitrogen and oxygen atoms in total. The van der Waals surface area contributed by atoms with E-state index in [-0.39, 0.29) is 30.4 Å². The second-order valence-electron chi connectivity index (χ2n) is 8.58. The molecule has 0 spiro atoms. The quantitative estimate of drug-likeness (QED) is 0.557. The van der Waals surface area contributed by atoms with Crippen LogP contribution in [0.2, 0.25) is 0 Å². The summed E-state index contributed by atoms with van der Waals surface area (Å²) in [6, 6.07) is 22.1. The minimum Gasteiger partial charge on any atom is -0.447 e. The van der Waals surface area contributed by atoms with Gasteiger partial charge in [-0.05, 0) is 39.9 Å². The van der Waals surface area contributed by atoms with Crippen LogP contribution in [0, 0.1) is 5.92 Å². The third-order valence-electron chi connectivity index (χ3n) is 6.45. The van der Waals surface area contributed by atoms with Crippen molar-refractivity contribution >= 4 is 23.3 Å². The number of hydrogen-bond donors (Lipinski definition) is 0. The van der Waals surface area contributed by atoms with E-state index >= 15 is 0 Å². The van der Waals surface area contributed by atoms with Gasteiger partial charge in [-0.3, -0.25) is 9.69 Å². The average Bonchev–Trinajstić information content (AvgIpc) is 3.55. The average molecular weight is 447 g/mol. The number of carbonyl (C=O) groups excluding carboxylic acids is 2. The molecule has 2 aliphatic heterocycles. The van der Waals surface area contributed by atoms with Crippen LogP contribution in [0.1, 0.15) is 22.6 Å². The smallest absolute Gasteiger partial charge is 0.416 e. The van der Waals surface area contributed by atoms with Crippen LogP contribution in [0.4, 0.5) is 4.79 Å². The van der Waals surface area contributed by atoms with Crippen molar-refractivity contribution in [2.75, 3.05) is 19.7 Å². The van der Waals surface area contributed by atoms with Crippen LogP contribution < -0.4 is 0 Å². The minimum atomic E-state index is -0.512. The maximum atomic E-state index is 13.8. The predicted octanol–water partition coefficient (Wildman–Crippen LogP) is 4.55. The lowest BCUT2D eigenvalue weighted by Crippen LogP contribution is -2.45. The molecule has 5 rings (SSSR count). The maximum Gasteiger partial charge on any atom is 0.416 e. The molecule has 2 saturated heterocycles. The fraction of sp³-hybridized carbons (Fsp3) is 0.308. The van der Waals surface area contributed by atoms with Crippen LogP contribution >= 0.6 is 11.3 Å². The zero-order chi connectivity index (χ0) is 21.9. The molecule has 0 aliphatic carbocycles. The lowest BCUT2D eigenvalue weighted by molar-refractivity contribution is -0.133. The van der Waals surface area contributed by atoms with Gasteiger partial charge in [0.1, 0.15) is 6.61 Å². The van der Waals surface area contributed by atoms with Crippen molar-refractivity contribution in [1.29, 1.82) is 0 Å². The molecule has 2 fully saturated rings. The van der Waals surface area contributed by atoms with Crippen LogP contribution in [-0.4, -0.2) is 47.5 Å². The largest absolute Gasteiger partial charge is 0.447 e. The Labute approximate surface area is 192 Å². The standard InChI is InChI=1S/C26H26N2O3S/c29-25(28-22(17-31-26(28)30)13-19-7-3-1-4-8-19)24-16-27(14-20-9-5-2-6-10-20)15-23(24)21-11-12-32-18-21/h1-12,18,22-24H,13-17H2/t22-,23?,24?/m0/s1. The van der Waals surface area contributed by atoms with E-state index < -0.39 is 6.09 Å². The van der Waals surface area contributed by atoms with Crippen molar-refractivity contribution in [3.8, 4) is 0 Å². The molecule has 2 amide bonds. The summed E-state index contributed by atoms with van der Waals surface area (Å²) in [7, 11) is 0. The number of imide groups is 1. The molecule has 0 N–H and O–H groups in total. The molecule has 164 valence electrons. The van der Waals surface area contributed by atoms with Gasteiger partial charge in [0.15, 0.2) is 0 Å². The summed E-state index contributed by atoms with van der Waals surface area (Å²) in [5, 5.41) is 4.18. The van der Waals surface area contributed by atoms with Gasteiger partial charge in [-0.15, -0.1) is 0 Å². The van der Waals surface area contributed by atoms with Crippen LogP contribution in [0.5, 0.6) is 0 Å². The second kappa shape index (κ2) is 9.27. The van der Waals surface area contributed by atoms with Crippen molar-refractivity contribution in [3.05, 3.63) is 94.2 Å². The molecule has 3 aromatic rings. The normalized spacial score (nSPS) is 23.4. The number of benzene rings is 2. The first-order chi connectivity index (χ1) is 15.7. The summed E-state index contributed by atoms with van der Waals surface area (Å²) in [5.41, 5.74) is 3.50. The molecule has 0 radical (unpaired) electrons. The highest BCUT2D eigenvalue weighted by Gasteiger charge is 2.46. The van der Waals surface area contributed by atoms with Crippen molar-refractivity contribution in [2.45, 2.75) is 24.9 Å². The Morgan fingerprint density at radius 2 is 1.69 bits per heavy atom. The number of rotatable bonds is 6. The monoisotopic (exact) mass is 446 g/mol. The van der Waals surface area contributed by atoms with E-state index in [2.05, 4.69) is 33.9 Å². The van der Waals surface area contributed by atoms with E-state index in [4.69, 9.17) is 4.74 Å². The Kier molecular flexibility index (Phi) is 6.06. The lowest BCUT2D eigenvalue weighted by Gasteiger charge is -2.25. The highest BCUT2D eigenvalue weighted by molar-refractivity contribution is 7.08. The van der Waals surface area contributed by atoms with Gasteiger partial charge in [0, 0.05) is 25.6 Å². The highest BCUT2D eigenvalue weighted by atomic mass is 32.1. The highest BCUT2D eigenvalue weighted by Crippen LogP contribution is 2.37. The number of amides is 2. The summed E-state index contributed by atoms with van der Waals surface area (Å²) in [4.78, 5) is 30.1. The van der Waals surface area contributed by atoms with E-state index in [0.717, 1.165) is 18.7 Å². The fourth-order valence-corrected chi connectivity index (χ4v) is 5.60. The Bertz CT molecular complexity index is 1060. The Morgan fingerprint density at radius 1 is 0.969 bits per heavy atom. The Balaban J connectivity index is 1.37. The summed E-state index contributed by atoms with van der Waals surface area (Å²) in [6.07, 6.45) is 0.100. The Morgan fingerprint density at radius 3 is 2.38 bits per heavy atom. The van der Waals surface area contributed by atoms with Gasteiger partial charge in [-0.1, -0.05) is 60.7 Å². The van der Waals surface area contributed by atoms with E-state index in [1.54, 1.807) is 11.3 Å². The van der Waals surface area contributed by atoms with E-state index in [1.807, 2.05) is 48.5 Å². The number of thiophene rings is 1. The molecule has 3 heterocycles. The molecule has 2 aromatic carbocycles. The fourth-order valence-electron chi connectivity index (χ4n) is 4.88. The zero-order valence-electron chi connectivity index (χ0n) is 17.8. The van der Waals surface area contributed by atoms with Gasteiger partial charge in [0.2, 0.25) is 5.91 Å². The molecular formula is C26H26N2O3S. The number of hydrogen-bond acceptors (Lipinski definition) is 5. The van der Waals surface area contributed by atoms with Gasteiger partial charge in [0.05, 0.1) is 12.0 Å². The number of cyclic esters (lactones) is 1. The topological polar surface area (TPSA) is 49.9 Å². The molecule has 0 bridgehead atoms. The third kappa shape index (κ3) is 4.33. The van der Waals surface area contributed by atoms with Gasteiger partial charge < -0.3 is 4.74 Å². The van der Waals surface area contributed by atoms with Gasteiger partial charge in [0.25, 0.3) is 0 Å². The minimum absolute atomic E-state index is 0.0724. The van der Waals surface area contributed by atoms with Crippen LogP contribution in [0.25, 0.3) is 0 Å². The van der Waals surface area contributed by atoms with Crippen molar-refractivity contribution in [3.63, 3.8) is 0 Å². The summed E-state index contributed by atoms with van der Waals surface area (Å²) < 4.78 is 5.33. The van der Waals surface area contributed by atoms with Crippen LogP contribution in [0.15, 0.2) is 77.5 Å². The summed E-state index contributed by atoms with van der Waals surface area (Å²) in [5.74, 6) is -0.305. The number of carbonyl (C=O) groups is 2. The second-order valence-corrected chi connectivity index (χ2v) is 9.36. The van der Waals surface area contributed by atoms with Crippen LogP contribution in [0.3, 0.4) is 0 Å². The third-order valence-corrected chi connectivity index (χ3v) is 7.15. The van der Waals surface area contributed by atoms with Gasteiger partial charge >= 0.3 is 6.09 Å². The first kappa shape index (κ1) is 20.9. The predicted molar refractivity (Wildman–Crippen MR) is 124 cm³/mol. The zero-order valence-corrected chi connectivity index (χ0v) is 18.6. The summed E-state index contributed by atoms with van der Waals surface area (Å²) >= 11 is 1.65. The number of ether oxygens (including phenoxy) is 1. The molecule has 3 atom stereocenters. The summed E-state index contributed by atoms with van der Waals surface area (Å²) in [6.45, 7) is 2.48. The molecule has 6 heteroatoms. The maximum absolute atomic E-state index is 13.8. The lowest BCUT2D eigenvalue weighted by atomic mass is 9.89. The molecule has 2 unspecified atom stereocenters. The van der Waals surface area contributed by atoms with Gasteiger partial charge in [-0.2, -0.15) is 11.3 Å². The van der Waals surface area contributed by atoms with Crippen molar-refractivity contribution in [2.24, 2.45) is 5.92 Å². The van der Waals surface area contributed by atoms with Gasteiger partial charge in [-0.25, -0.2) is 9.69 Å². The first-order valence-electron chi connectivity index (χ1n) is 11.0. The molecule has 2 aliphatic rings. The molecule has 32 heavy (non-hydrogen) atoms. The van der Waals surface area contributed by atoms with E-state index in [9.17, 15) is 9.59 Å². The first-order valence-corrected chi connectivity index (χ1v) is 12.0. The SMILES string of the molecule is O=C1OC[C@H](Cc2ccccc2)N1C(=O)C1CN(Cc2ccccc2)CC1c1ccsc1. The number of nitrogens with zero attached hydrogens (tertiary/aromatic N) is 2. The molecule has 0 saturated carbocycles. The number of likely N-dealkylation sites (tertiary alicyclic amines) is 1. The molecular weight excluding hydrogens is 420 g/mol.